The molecule has 140 valence electrons. The first-order valence-electron chi connectivity index (χ1n) is 9.10. The van der Waals surface area contributed by atoms with Gasteiger partial charge in [0.2, 0.25) is 0 Å². The molecule has 1 aromatic heterocycles. The van der Waals surface area contributed by atoms with Crippen molar-refractivity contribution in [1.82, 2.24) is 4.98 Å². The van der Waals surface area contributed by atoms with Gasteiger partial charge in [-0.1, -0.05) is 11.3 Å². The molecule has 2 heterocycles. The van der Waals surface area contributed by atoms with Crippen molar-refractivity contribution < 1.29 is 14.3 Å². The third-order valence-electron chi connectivity index (χ3n) is 4.01. The first-order valence-corrected chi connectivity index (χ1v) is 9.91. The van der Waals surface area contributed by atoms with Crippen LogP contribution in [0.15, 0.2) is 24.3 Å². The highest BCUT2D eigenvalue weighted by atomic mass is 32.1. The Labute approximate surface area is 159 Å². The monoisotopic (exact) mass is 374 g/mol. The van der Waals surface area contributed by atoms with Gasteiger partial charge in [-0.2, -0.15) is 0 Å². The van der Waals surface area contributed by atoms with Gasteiger partial charge in [0.1, 0.15) is 21.4 Å². The second-order valence-corrected chi connectivity index (χ2v) is 8.30. The zero-order valence-corrected chi connectivity index (χ0v) is 16.7. The lowest BCUT2D eigenvalue weighted by atomic mass is 10.2. The molecule has 1 aromatic carbocycles. The summed E-state index contributed by atoms with van der Waals surface area (Å²) >= 11 is 1.56. The van der Waals surface area contributed by atoms with E-state index in [0.29, 0.717) is 12.3 Å². The number of benzene rings is 1. The van der Waals surface area contributed by atoms with Crippen molar-refractivity contribution in [3.63, 3.8) is 0 Å². The van der Waals surface area contributed by atoms with Crippen LogP contribution in [0, 0.1) is 0 Å². The van der Waals surface area contributed by atoms with E-state index in [1.165, 1.54) is 0 Å². The number of thiazole rings is 1. The molecule has 6 heteroatoms. The summed E-state index contributed by atoms with van der Waals surface area (Å²) in [5, 5.41) is 1.75. The average Bonchev–Trinajstić information content (AvgIpc) is 3.24. The van der Waals surface area contributed by atoms with Crippen molar-refractivity contribution in [3.05, 3.63) is 30.0 Å². The van der Waals surface area contributed by atoms with E-state index in [2.05, 4.69) is 9.88 Å². The zero-order valence-electron chi connectivity index (χ0n) is 15.9. The van der Waals surface area contributed by atoms with Crippen LogP contribution in [-0.4, -0.2) is 36.3 Å². The summed E-state index contributed by atoms with van der Waals surface area (Å²) in [5.41, 5.74) is 0.867. The maximum Gasteiger partial charge on any atom is 0.360 e. The largest absolute Gasteiger partial charge is 0.494 e. The fourth-order valence-electron chi connectivity index (χ4n) is 2.89. The molecule has 3 rings (SSSR count). The smallest absolute Gasteiger partial charge is 0.360 e. The first kappa shape index (κ1) is 18.7. The minimum atomic E-state index is -0.539. The highest BCUT2D eigenvalue weighted by Gasteiger charge is 2.28. The molecule has 2 aromatic rings. The van der Waals surface area contributed by atoms with Gasteiger partial charge in [0.05, 0.1) is 6.61 Å². The lowest BCUT2D eigenvalue weighted by Gasteiger charge is -2.21. The molecule has 0 bridgehead atoms. The number of rotatable bonds is 5. The molecule has 1 aliphatic rings. The highest BCUT2D eigenvalue weighted by molar-refractivity contribution is 7.19. The maximum absolute atomic E-state index is 12.7. The van der Waals surface area contributed by atoms with Crippen LogP contribution in [0.1, 0.15) is 51.0 Å². The number of hydrogen-bond donors (Lipinski definition) is 0. The topological polar surface area (TPSA) is 51.7 Å². The molecule has 0 aliphatic carbocycles. The van der Waals surface area contributed by atoms with Gasteiger partial charge in [-0.3, -0.25) is 0 Å². The minimum Gasteiger partial charge on any atom is -0.494 e. The van der Waals surface area contributed by atoms with E-state index in [4.69, 9.17) is 9.47 Å². The van der Waals surface area contributed by atoms with Gasteiger partial charge < -0.3 is 14.4 Å². The lowest BCUT2D eigenvalue weighted by Crippen LogP contribution is -2.26. The molecule has 0 radical (unpaired) electrons. The summed E-state index contributed by atoms with van der Waals surface area (Å²) in [6.45, 7) is 10.1. The molecule has 0 spiro atoms. The Hall–Kier alpha value is -2.08. The van der Waals surface area contributed by atoms with Gasteiger partial charge in [-0.05, 0) is 64.8 Å². The van der Waals surface area contributed by atoms with Crippen molar-refractivity contribution >= 4 is 22.3 Å². The molecule has 5 nitrogen and oxygen atoms in total. The van der Waals surface area contributed by atoms with Crippen LogP contribution in [0.4, 0.5) is 5.00 Å². The normalized spacial score (nSPS) is 14.5. The SMILES string of the molecule is CCOc1ccc(-c2nc(C(=O)OC(C)(C)C)c(N3CCCC3)s2)cc1. The molecule has 0 N–H and O–H groups in total. The summed E-state index contributed by atoms with van der Waals surface area (Å²) < 4.78 is 11.1. The van der Waals surface area contributed by atoms with Gasteiger partial charge in [-0.15, -0.1) is 0 Å². The summed E-state index contributed by atoms with van der Waals surface area (Å²) in [6.07, 6.45) is 2.29. The van der Waals surface area contributed by atoms with E-state index in [1.54, 1.807) is 11.3 Å². The van der Waals surface area contributed by atoms with Crippen molar-refractivity contribution in [2.75, 3.05) is 24.6 Å². The molecule has 0 atom stereocenters. The van der Waals surface area contributed by atoms with Gasteiger partial charge in [-0.25, -0.2) is 9.78 Å². The Kier molecular flexibility index (Phi) is 5.51. The summed E-state index contributed by atoms with van der Waals surface area (Å²) in [7, 11) is 0. The molecule has 1 fully saturated rings. The molecule has 0 saturated carbocycles. The third kappa shape index (κ3) is 4.36. The molecule has 26 heavy (non-hydrogen) atoms. The van der Waals surface area contributed by atoms with E-state index in [1.807, 2.05) is 52.0 Å². The number of hydrogen-bond acceptors (Lipinski definition) is 6. The zero-order chi connectivity index (χ0) is 18.7. The van der Waals surface area contributed by atoms with E-state index < -0.39 is 5.60 Å². The van der Waals surface area contributed by atoms with E-state index in [9.17, 15) is 4.79 Å². The van der Waals surface area contributed by atoms with E-state index >= 15 is 0 Å². The summed E-state index contributed by atoms with van der Waals surface area (Å²) in [4.78, 5) is 19.6. The number of ether oxygens (including phenoxy) is 2. The molecular formula is C20H26N2O3S. The number of anilines is 1. The Morgan fingerprint density at radius 2 is 1.85 bits per heavy atom. The molecule has 1 saturated heterocycles. The van der Waals surface area contributed by atoms with Crippen molar-refractivity contribution in [2.24, 2.45) is 0 Å². The van der Waals surface area contributed by atoms with E-state index in [-0.39, 0.29) is 5.97 Å². The quantitative estimate of drug-likeness (QED) is 0.706. The Morgan fingerprint density at radius 3 is 2.42 bits per heavy atom. The molecule has 0 unspecified atom stereocenters. The molecule has 0 amide bonds. The Morgan fingerprint density at radius 1 is 1.19 bits per heavy atom. The Bertz CT molecular complexity index is 756. The van der Waals surface area contributed by atoms with Crippen molar-refractivity contribution in [1.29, 1.82) is 0 Å². The predicted molar refractivity (Wildman–Crippen MR) is 105 cm³/mol. The van der Waals surface area contributed by atoms with Crippen LogP contribution < -0.4 is 9.64 Å². The Balaban J connectivity index is 1.93. The fraction of sp³-hybridized carbons (Fsp3) is 0.500. The van der Waals surface area contributed by atoms with Crippen molar-refractivity contribution in [2.45, 2.75) is 46.1 Å². The van der Waals surface area contributed by atoms with Gasteiger partial charge in [0.25, 0.3) is 0 Å². The van der Waals surface area contributed by atoms with Crippen LogP contribution in [0.3, 0.4) is 0 Å². The molecular weight excluding hydrogens is 348 g/mol. The van der Waals surface area contributed by atoms with Crippen LogP contribution in [0.25, 0.3) is 10.6 Å². The number of aromatic nitrogens is 1. The number of carbonyl (C=O) groups excluding carboxylic acids is 1. The third-order valence-corrected chi connectivity index (χ3v) is 5.17. The standard InChI is InChI=1S/C20H26N2O3S/c1-5-24-15-10-8-14(9-11-15)17-21-16(19(23)25-20(2,3)4)18(26-17)22-12-6-7-13-22/h8-11H,5-7,12-13H2,1-4H3. The van der Waals surface area contributed by atoms with Crippen LogP contribution >= 0.6 is 11.3 Å². The summed E-state index contributed by atoms with van der Waals surface area (Å²) in [5.74, 6) is 0.479. The fourth-order valence-corrected chi connectivity index (χ4v) is 4.00. The van der Waals surface area contributed by atoms with Gasteiger partial charge in [0, 0.05) is 18.7 Å². The molecule has 1 aliphatic heterocycles. The lowest BCUT2D eigenvalue weighted by molar-refractivity contribution is 0.00646. The summed E-state index contributed by atoms with van der Waals surface area (Å²) in [6, 6.07) is 7.83. The number of carbonyl (C=O) groups is 1. The second kappa shape index (κ2) is 7.66. The van der Waals surface area contributed by atoms with Gasteiger partial charge in [0.15, 0.2) is 5.69 Å². The highest BCUT2D eigenvalue weighted by Crippen LogP contribution is 2.37. The minimum absolute atomic E-state index is 0.354. The second-order valence-electron chi connectivity index (χ2n) is 7.33. The van der Waals surface area contributed by atoms with Crippen LogP contribution in [0.2, 0.25) is 0 Å². The van der Waals surface area contributed by atoms with Crippen LogP contribution in [0.5, 0.6) is 5.75 Å². The van der Waals surface area contributed by atoms with Gasteiger partial charge >= 0.3 is 5.97 Å². The number of esters is 1. The number of nitrogens with zero attached hydrogens (tertiary/aromatic N) is 2. The van der Waals surface area contributed by atoms with Crippen molar-refractivity contribution in [3.8, 4) is 16.3 Å². The van der Waals surface area contributed by atoms with Crippen LogP contribution in [-0.2, 0) is 4.74 Å². The van der Waals surface area contributed by atoms with E-state index in [0.717, 1.165) is 47.3 Å². The predicted octanol–water partition coefficient (Wildman–Crippen LogP) is 4.76. The average molecular weight is 375 g/mol. The first-order chi connectivity index (χ1) is 12.4. The maximum atomic E-state index is 12.7.